The van der Waals surface area contributed by atoms with E-state index in [1.54, 1.807) is 12.1 Å². The van der Waals surface area contributed by atoms with E-state index in [0.29, 0.717) is 12.0 Å². The van der Waals surface area contributed by atoms with Gasteiger partial charge in [0.05, 0.1) is 6.20 Å². The number of fused-ring (bicyclic) bond motifs is 1. The highest BCUT2D eigenvalue weighted by Crippen LogP contribution is 2.31. The van der Waals surface area contributed by atoms with Crippen LogP contribution < -0.4 is 15.0 Å². The first-order chi connectivity index (χ1) is 14.4. The molecule has 3 aromatic rings. The van der Waals surface area contributed by atoms with E-state index >= 15 is 0 Å². The molecule has 0 saturated heterocycles. The molecule has 0 spiro atoms. The third-order valence-corrected chi connectivity index (χ3v) is 4.65. The van der Waals surface area contributed by atoms with Gasteiger partial charge in [-0.1, -0.05) is 12.1 Å². The highest BCUT2D eigenvalue weighted by atomic mass is 19.1. The lowest BCUT2D eigenvalue weighted by atomic mass is 10.1. The van der Waals surface area contributed by atoms with E-state index < -0.39 is 23.9 Å². The molecule has 2 amide bonds. The fourth-order valence-electron chi connectivity index (χ4n) is 3.18. The number of carbonyl (C=O) groups excluding carboxylic acids is 2. The van der Waals surface area contributed by atoms with E-state index in [1.165, 1.54) is 43.8 Å². The first-order valence-corrected chi connectivity index (χ1v) is 9.06. The van der Waals surface area contributed by atoms with Crippen molar-refractivity contribution in [2.45, 2.75) is 12.5 Å². The zero-order valence-corrected chi connectivity index (χ0v) is 15.9. The fourth-order valence-corrected chi connectivity index (χ4v) is 3.18. The van der Waals surface area contributed by atoms with Crippen molar-refractivity contribution >= 4 is 17.6 Å². The maximum atomic E-state index is 14.0. The number of likely N-dealkylation sites (N-methyl/N-ethyl adjacent to an activating group) is 1. The third-order valence-electron chi connectivity index (χ3n) is 4.65. The second-order valence-electron chi connectivity index (χ2n) is 6.76. The molecule has 8 nitrogen and oxygen atoms in total. The minimum absolute atomic E-state index is 0.0873. The van der Waals surface area contributed by atoms with Crippen LogP contribution in [0, 0.1) is 11.8 Å². The van der Waals surface area contributed by atoms with Gasteiger partial charge in [0.1, 0.15) is 29.9 Å². The van der Waals surface area contributed by atoms with Crippen molar-refractivity contribution < 1.29 is 23.1 Å². The van der Waals surface area contributed by atoms with E-state index in [4.69, 9.17) is 4.74 Å². The van der Waals surface area contributed by atoms with E-state index in [1.807, 2.05) is 0 Å². The third kappa shape index (κ3) is 3.84. The average molecular weight is 413 g/mol. The average Bonchev–Trinajstić information content (AvgIpc) is 3.14. The van der Waals surface area contributed by atoms with Gasteiger partial charge in [-0.15, -0.1) is 0 Å². The minimum Gasteiger partial charge on any atom is -0.488 e. The zero-order valence-electron chi connectivity index (χ0n) is 15.9. The van der Waals surface area contributed by atoms with Crippen LogP contribution in [0.3, 0.4) is 0 Å². The maximum absolute atomic E-state index is 14.0. The molecule has 4 rings (SSSR count). The second-order valence-corrected chi connectivity index (χ2v) is 6.76. The van der Waals surface area contributed by atoms with Crippen molar-refractivity contribution in [3.8, 4) is 5.75 Å². The van der Waals surface area contributed by atoms with Gasteiger partial charge < -0.3 is 15.0 Å². The van der Waals surface area contributed by atoms with Gasteiger partial charge in [0.15, 0.2) is 0 Å². The van der Waals surface area contributed by atoms with E-state index in [-0.39, 0.29) is 23.9 Å². The highest BCUT2D eigenvalue weighted by molar-refractivity contribution is 6.00. The van der Waals surface area contributed by atoms with Crippen LogP contribution in [0.25, 0.3) is 0 Å². The number of amides is 2. The van der Waals surface area contributed by atoms with Gasteiger partial charge in [-0.25, -0.2) is 14.2 Å². The van der Waals surface area contributed by atoms with Crippen LogP contribution in [0.2, 0.25) is 0 Å². The number of halogens is 2. The smallest absolute Gasteiger partial charge is 0.342 e. The molecule has 3 heterocycles. The van der Waals surface area contributed by atoms with Crippen molar-refractivity contribution in [1.29, 1.82) is 0 Å². The fraction of sp³-hybridized carbons (Fsp3) is 0.200. The number of hydrogen-bond acceptors (Lipinski definition) is 5. The summed E-state index contributed by atoms with van der Waals surface area (Å²) in [6.45, 7) is -0.178. The number of hydrogen-bond donors (Lipinski definition) is 1. The number of aromatic nitrogens is 3. The molecule has 1 aliphatic rings. The Morgan fingerprint density at radius 3 is 2.93 bits per heavy atom. The Morgan fingerprint density at radius 1 is 1.30 bits per heavy atom. The zero-order chi connectivity index (χ0) is 21.3. The number of nitrogens with zero attached hydrogens (tertiary/aromatic N) is 4. The molecule has 1 atom stereocenters. The number of anilines is 1. The summed E-state index contributed by atoms with van der Waals surface area (Å²) in [7, 11) is 1.38. The summed E-state index contributed by atoms with van der Waals surface area (Å²) in [4.78, 5) is 29.8. The molecule has 0 saturated carbocycles. The number of rotatable bonds is 3. The van der Waals surface area contributed by atoms with Crippen LogP contribution in [0.1, 0.15) is 11.1 Å². The van der Waals surface area contributed by atoms with Crippen molar-refractivity contribution in [2.75, 3.05) is 18.6 Å². The molecule has 1 N–H and O–H groups in total. The van der Waals surface area contributed by atoms with Gasteiger partial charge in [-0.2, -0.15) is 14.2 Å². The van der Waals surface area contributed by atoms with Crippen molar-refractivity contribution in [3.63, 3.8) is 0 Å². The summed E-state index contributed by atoms with van der Waals surface area (Å²) >= 11 is 0. The Bertz CT molecular complexity index is 1120. The Kier molecular flexibility index (Phi) is 5.13. The predicted octanol–water partition coefficient (Wildman–Crippen LogP) is 2.13. The Morgan fingerprint density at radius 2 is 2.13 bits per heavy atom. The van der Waals surface area contributed by atoms with Gasteiger partial charge in [0.25, 0.3) is 5.91 Å². The Balaban J connectivity index is 1.46. The van der Waals surface area contributed by atoms with E-state index in [2.05, 4.69) is 15.4 Å². The minimum atomic E-state index is -1.05. The normalized spacial score (nSPS) is 15.9. The number of carbonyl (C=O) groups is 2. The standard InChI is InChI=1S/C20H17F2N5O3/c1-26-17-16(5-6-23-18(17)22)30-11-15(19(26)28)25-20(29)27-10-13(9-24-27)7-12-3-2-4-14(21)8-12/h2-6,8-10,15H,7,11H2,1H3,(H,25,29)/t15-/m0/s1. The van der Waals surface area contributed by atoms with Gasteiger partial charge in [0, 0.05) is 31.9 Å². The summed E-state index contributed by atoms with van der Waals surface area (Å²) in [6, 6.07) is 5.86. The summed E-state index contributed by atoms with van der Waals surface area (Å²) in [5, 5.41) is 6.53. The van der Waals surface area contributed by atoms with Crippen molar-refractivity contribution in [2.24, 2.45) is 0 Å². The van der Waals surface area contributed by atoms with Gasteiger partial charge in [-0.05, 0) is 23.3 Å². The number of nitrogens with one attached hydrogen (secondary N) is 1. The Hall–Kier alpha value is -3.82. The predicted molar refractivity (Wildman–Crippen MR) is 102 cm³/mol. The van der Waals surface area contributed by atoms with Crippen LogP contribution in [0.15, 0.2) is 48.9 Å². The van der Waals surface area contributed by atoms with E-state index in [0.717, 1.165) is 15.1 Å². The molecule has 1 aromatic carbocycles. The van der Waals surface area contributed by atoms with Crippen LogP contribution in [0.5, 0.6) is 5.75 Å². The maximum Gasteiger partial charge on any atom is 0.342 e. The second kappa shape index (κ2) is 7.90. The molecule has 30 heavy (non-hydrogen) atoms. The summed E-state index contributed by atoms with van der Waals surface area (Å²) in [5.41, 5.74) is 1.34. The van der Waals surface area contributed by atoms with Gasteiger partial charge >= 0.3 is 6.03 Å². The highest BCUT2D eigenvalue weighted by Gasteiger charge is 2.33. The molecule has 2 aromatic heterocycles. The summed E-state index contributed by atoms with van der Waals surface area (Å²) < 4.78 is 33.9. The SMILES string of the molecule is CN1C(=O)[C@@H](NC(=O)n2cc(Cc3cccc(F)c3)cn2)COc2ccnc(F)c21. The molecule has 0 aliphatic carbocycles. The molecule has 0 bridgehead atoms. The summed E-state index contributed by atoms with van der Waals surface area (Å²) in [5.74, 6) is -1.58. The first-order valence-electron chi connectivity index (χ1n) is 9.06. The lowest BCUT2D eigenvalue weighted by Crippen LogP contribution is -2.50. The first kappa shape index (κ1) is 19.5. The molecule has 10 heteroatoms. The molecular formula is C20H17F2N5O3. The Labute approximate surface area is 170 Å². The lowest BCUT2D eigenvalue weighted by molar-refractivity contribution is -0.120. The van der Waals surface area contributed by atoms with E-state index in [9.17, 15) is 18.4 Å². The molecule has 0 radical (unpaired) electrons. The molecule has 0 unspecified atom stereocenters. The van der Waals surface area contributed by atoms with Crippen LogP contribution in [0.4, 0.5) is 19.3 Å². The lowest BCUT2D eigenvalue weighted by Gasteiger charge is -2.20. The molecular weight excluding hydrogens is 396 g/mol. The van der Waals surface area contributed by atoms with Crippen LogP contribution in [-0.4, -0.2) is 46.4 Å². The monoisotopic (exact) mass is 413 g/mol. The topological polar surface area (TPSA) is 89.4 Å². The number of ether oxygens (including phenoxy) is 1. The van der Waals surface area contributed by atoms with Crippen molar-refractivity contribution in [1.82, 2.24) is 20.1 Å². The number of pyridine rings is 1. The molecule has 154 valence electrons. The number of benzene rings is 1. The summed E-state index contributed by atoms with van der Waals surface area (Å²) in [6.07, 6.45) is 4.60. The molecule has 0 fully saturated rings. The largest absolute Gasteiger partial charge is 0.488 e. The van der Waals surface area contributed by atoms with Crippen LogP contribution >= 0.6 is 0 Å². The molecule has 1 aliphatic heterocycles. The van der Waals surface area contributed by atoms with Crippen molar-refractivity contribution in [3.05, 3.63) is 71.8 Å². The van der Waals surface area contributed by atoms with Gasteiger partial charge in [0.2, 0.25) is 5.95 Å². The van der Waals surface area contributed by atoms with Gasteiger partial charge in [-0.3, -0.25) is 4.79 Å². The van der Waals surface area contributed by atoms with Crippen LogP contribution in [-0.2, 0) is 11.2 Å². The quantitative estimate of drug-likeness (QED) is 0.665.